The van der Waals surface area contributed by atoms with Crippen molar-refractivity contribution in [2.24, 2.45) is 0 Å². The highest BCUT2D eigenvalue weighted by Gasteiger charge is 2.49. The van der Waals surface area contributed by atoms with Crippen LogP contribution in [-0.4, -0.2) is 71.1 Å². The Balaban J connectivity index is 1.43. The minimum absolute atomic E-state index is 0.0359. The summed E-state index contributed by atoms with van der Waals surface area (Å²) in [4.78, 5) is 68.2. The van der Waals surface area contributed by atoms with E-state index in [-0.39, 0.29) is 61.8 Å². The number of hydrogen-bond acceptors (Lipinski definition) is 8. The number of alkyl halides is 1. The summed E-state index contributed by atoms with van der Waals surface area (Å²) < 4.78 is 18.6. The number of halogens is 2. The van der Waals surface area contributed by atoms with Gasteiger partial charge < -0.3 is 4.90 Å². The van der Waals surface area contributed by atoms with Gasteiger partial charge in [-0.25, -0.2) is 19.3 Å². The normalized spacial score (nSPS) is 20.5. The summed E-state index contributed by atoms with van der Waals surface area (Å²) in [7, 11) is 0. The Labute approximate surface area is 292 Å². The highest BCUT2D eigenvalue weighted by Crippen LogP contribution is 2.37. The molecule has 49 heavy (non-hydrogen) atoms. The number of carbonyl (C=O) groups excluding carboxylic acids is 4. The highest BCUT2D eigenvalue weighted by atomic mass is 79.9. The summed E-state index contributed by atoms with van der Waals surface area (Å²) in [5, 5.41) is 5.21. The minimum atomic E-state index is -1.91. The molecule has 12 heteroatoms. The first-order valence-corrected chi connectivity index (χ1v) is 17.3. The minimum Gasteiger partial charge on any atom is -0.328 e. The Morgan fingerprint density at radius 1 is 1.06 bits per heavy atom. The van der Waals surface area contributed by atoms with E-state index < -0.39 is 17.6 Å². The van der Waals surface area contributed by atoms with E-state index in [2.05, 4.69) is 36.0 Å². The van der Waals surface area contributed by atoms with Crippen LogP contribution in [0, 0.1) is 13.8 Å². The lowest BCUT2D eigenvalue weighted by atomic mass is 9.92. The number of amides is 1. The molecule has 5 heterocycles. The average molecular weight is 730 g/mol. The largest absolute Gasteiger partial charge is 0.328 e. The van der Waals surface area contributed by atoms with Gasteiger partial charge in [0, 0.05) is 49.5 Å². The molecule has 0 radical (unpaired) electrons. The van der Waals surface area contributed by atoms with Crippen molar-refractivity contribution in [3.8, 4) is 11.1 Å². The molecular formula is C37H38BrFN6O4. The van der Waals surface area contributed by atoms with Crippen LogP contribution in [0.4, 0.5) is 4.39 Å². The lowest BCUT2D eigenvalue weighted by Crippen LogP contribution is -2.43. The third kappa shape index (κ3) is 7.59. The summed E-state index contributed by atoms with van der Waals surface area (Å²) in [5.74, 6) is -0.499. The van der Waals surface area contributed by atoms with Crippen LogP contribution in [-0.2, 0) is 33.8 Å². The number of fused-ring (bicyclic) bond motifs is 2. The third-order valence-corrected chi connectivity index (χ3v) is 9.87. The summed E-state index contributed by atoms with van der Waals surface area (Å²) in [6.45, 7) is 4.46. The van der Waals surface area contributed by atoms with E-state index in [0.717, 1.165) is 22.3 Å². The highest BCUT2D eigenvalue weighted by molar-refractivity contribution is 9.10. The molecule has 0 spiro atoms. The molecule has 0 saturated carbocycles. The predicted molar refractivity (Wildman–Crippen MR) is 186 cm³/mol. The van der Waals surface area contributed by atoms with Crippen molar-refractivity contribution in [1.82, 2.24) is 29.6 Å². The number of pyridine rings is 1. The molecule has 0 aliphatic carbocycles. The fourth-order valence-electron chi connectivity index (χ4n) is 6.77. The van der Waals surface area contributed by atoms with E-state index in [0.29, 0.717) is 52.7 Å². The molecule has 2 aliphatic heterocycles. The first-order chi connectivity index (χ1) is 23.4. The molecule has 6 rings (SSSR count). The molecule has 2 bridgehead atoms. The molecule has 10 nitrogen and oxygen atoms in total. The molecule has 1 amide bonds. The van der Waals surface area contributed by atoms with Gasteiger partial charge in [-0.05, 0) is 90.4 Å². The van der Waals surface area contributed by atoms with Crippen molar-refractivity contribution in [2.75, 3.05) is 6.54 Å². The van der Waals surface area contributed by atoms with Crippen molar-refractivity contribution < 1.29 is 23.6 Å². The molecule has 1 aromatic carbocycles. The summed E-state index contributed by atoms with van der Waals surface area (Å²) >= 11 is 3.36. The number of rotatable bonds is 5. The maximum absolute atomic E-state index is 16.6. The molecular weight excluding hydrogens is 691 g/mol. The van der Waals surface area contributed by atoms with Crippen molar-refractivity contribution in [3.05, 3.63) is 81.8 Å². The zero-order valence-electron chi connectivity index (χ0n) is 27.8. The van der Waals surface area contributed by atoms with Crippen LogP contribution < -0.4 is 0 Å². The molecule has 2 aliphatic rings. The Morgan fingerprint density at radius 3 is 2.59 bits per heavy atom. The Morgan fingerprint density at radius 2 is 1.84 bits per heavy atom. The van der Waals surface area contributed by atoms with Crippen molar-refractivity contribution in [1.29, 1.82) is 0 Å². The summed E-state index contributed by atoms with van der Waals surface area (Å²) in [5.41, 5.74) is 2.65. The van der Waals surface area contributed by atoms with Crippen molar-refractivity contribution >= 4 is 50.1 Å². The number of aromatic nitrogens is 5. The van der Waals surface area contributed by atoms with Crippen LogP contribution in [0.3, 0.4) is 0 Å². The van der Waals surface area contributed by atoms with Crippen LogP contribution in [0.25, 0.3) is 22.0 Å². The Bertz CT molecular complexity index is 1990. The van der Waals surface area contributed by atoms with E-state index in [4.69, 9.17) is 0 Å². The van der Waals surface area contributed by atoms with Crippen molar-refractivity contribution in [2.45, 2.75) is 90.4 Å². The van der Waals surface area contributed by atoms with Crippen LogP contribution in [0.15, 0.2) is 53.4 Å². The molecule has 0 unspecified atom stereocenters. The Hall–Kier alpha value is -4.45. The number of Topliss-reactive ketones (excluding diaryl/α,β-unsaturated/α-hetero) is 3. The van der Waals surface area contributed by atoms with Gasteiger partial charge in [0.25, 0.3) is 0 Å². The lowest BCUT2D eigenvalue weighted by Gasteiger charge is -2.24. The zero-order valence-corrected chi connectivity index (χ0v) is 29.4. The monoisotopic (exact) mass is 728 g/mol. The topological polar surface area (TPSA) is 128 Å². The maximum atomic E-state index is 16.6. The van der Waals surface area contributed by atoms with Gasteiger partial charge in [-0.1, -0.05) is 18.2 Å². The number of carbonyl (C=O) groups is 4. The predicted octanol–water partition coefficient (Wildman–Crippen LogP) is 6.22. The summed E-state index contributed by atoms with van der Waals surface area (Å²) in [6, 6.07) is 6.42. The van der Waals surface area contributed by atoms with E-state index in [1.165, 1.54) is 16.5 Å². The van der Waals surface area contributed by atoms with Gasteiger partial charge in [0.2, 0.25) is 5.91 Å². The average Bonchev–Trinajstić information content (AvgIpc) is 3.62. The number of benzene rings is 1. The van der Waals surface area contributed by atoms with Crippen LogP contribution in [0.5, 0.6) is 0 Å². The molecule has 3 aromatic heterocycles. The zero-order chi connectivity index (χ0) is 34.9. The number of aryl methyl sites for hydroxylation is 2. The number of ketones is 3. The van der Waals surface area contributed by atoms with E-state index in [1.807, 2.05) is 37.3 Å². The van der Waals surface area contributed by atoms with Gasteiger partial charge in [0.15, 0.2) is 11.6 Å². The van der Waals surface area contributed by atoms with Gasteiger partial charge in [0.1, 0.15) is 34.1 Å². The van der Waals surface area contributed by atoms with Gasteiger partial charge in [-0.15, -0.1) is 0 Å². The van der Waals surface area contributed by atoms with Gasteiger partial charge in [-0.2, -0.15) is 5.10 Å². The number of nitrogens with zero attached hydrogens (tertiary/aromatic N) is 6. The summed E-state index contributed by atoms with van der Waals surface area (Å²) in [6.07, 6.45) is 9.25. The van der Waals surface area contributed by atoms with Gasteiger partial charge >= 0.3 is 0 Å². The van der Waals surface area contributed by atoms with E-state index >= 15 is 4.39 Å². The fourth-order valence-corrected chi connectivity index (χ4v) is 7.12. The molecule has 254 valence electrons. The second-order valence-corrected chi connectivity index (χ2v) is 14.0. The fraction of sp³-hybridized carbons (Fsp3) is 0.405. The molecule has 4 aromatic rings. The maximum Gasteiger partial charge on any atom is 0.245 e. The van der Waals surface area contributed by atoms with Gasteiger partial charge in [-0.3, -0.25) is 23.9 Å². The second-order valence-electron chi connectivity index (χ2n) is 13.2. The number of hydrogen-bond donors (Lipinski definition) is 0. The molecule has 1 saturated heterocycles. The van der Waals surface area contributed by atoms with Crippen LogP contribution in [0.2, 0.25) is 0 Å². The second kappa shape index (κ2) is 14.2. The van der Waals surface area contributed by atoms with Crippen LogP contribution in [0.1, 0.15) is 78.6 Å². The van der Waals surface area contributed by atoms with Crippen molar-refractivity contribution in [3.63, 3.8) is 0 Å². The third-order valence-electron chi connectivity index (χ3n) is 9.43. The molecule has 1 fully saturated rings. The SMILES string of the molecule is CC(=O)c1nn2c3c(cc(-c4cnc(C)nc4)cc13)CC=CCCCC(=O)CC[C@@]1(F)C[C@@H](C(=O)Cc3nc(Br)ccc3C)N(C1)C(=O)C2. The van der Waals surface area contributed by atoms with E-state index in [1.54, 1.807) is 25.4 Å². The first-order valence-electron chi connectivity index (χ1n) is 16.5. The smallest absolute Gasteiger partial charge is 0.245 e. The Kier molecular flexibility index (Phi) is 9.96. The standard InChI is InChI=1S/C37H38BrFN6O4/c1-22-10-11-33(38)42-30(22)16-32(48)31-17-37(39)13-12-28(47)9-7-5-4-6-8-25-14-26(27-18-40-24(3)41-19-27)15-29-35(23(2)46)43-45(36(25)29)20-34(49)44(31)21-37/h4,6,10-11,14-15,18-19,31H,5,7-9,12-13,16-17,20-21H2,1-3H3/t31-,37+/m0/s1. The van der Waals surface area contributed by atoms with Gasteiger partial charge in [0.05, 0.1) is 30.2 Å². The van der Waals surface area contributed by atoms with Crippen LogP contribution >= 0.6 is 15.9 Å². The number of allylic oxidation sites excluding steroid dienone is 2. The first kappa shape index (κ1) is 34.4. The quantitative estimate of drug-likeness (QED) is 0.135. The molecule has 2 atom stereocenters. The lowest BCUT2D eigenvalue weighted by molar-refractivity contribution is -0.138. The molecule has 0 N–H and O–H groups in total. The van der Waals surface area contributed by atoms with E-state index in [9.17, 15) is 19.2 Å².